The number of aliphatic carboxylic acids is 1. The van der Waals surface area contributed by atoms with E-state index in [-0.39, 0.29) is 5.41 Å². The lowest BCUT2D eigenvalue weighted by atomic mass is 10.0. The van der Waals surface area contributed by atoms with E-state index in [0.717, 1.165) is 12.8 Å². The van der Waals surface area contributed by atoms with Crippen LogP contribution < -0.4 is 0 Å². The monoisotopic (exact) mass is 212 g/mol. The molecule has 2 rings (SSSR count). The second-order valence-corrected chi connectivity index (χ2v) is 5.67. The quantitative estimate of drug-likeness (QED) is 0.557. The molecule has 0 heterocycles. The predicted molar refractivity (Wildman–Crippen MR) is 52.2 cm³/mol. The summed E-state index contributed by atoms with van der Waals surface area (Å²) in [6.07, 6.45) is 2.15. The topological polar surface area (TPSA) is 63.6 Å². The van der Waals surface area contributed by atoms with Crippen LogP contribution in [0, 0.1) is 10.8 Å². The number of carboxylic acids is 1. The molecule has 1 N–H and O–H groups in total. The van der Waals surface area contributed by atoms with Crippen molar-refractivity contribution in [3.05, 3.63) is 0 Å². The van der Waals surface area contributed by atoms with Crippen LogP contribution in [-0.4, -0.2) is 22.6 Å². The minimum Gasteiger partial charge on any atom is -0.480 e. The number of esters is 1. The zero-order chi connectivity index (χ0) is 11.5. The predicted octanol–water partition coefficient (Wildman–Crippen LogP) is 1.58. The Kier molecular flexibility index (Phi) is 1.77. The van der Waals surface area contributed by atoms with Crippen LogP contribution in [0.1, 0.15) is 40.0 Å². The first-order chi connectivity index (χ1) is 6.74. The fourth-order valence-electron chi connectivity index (χ4n) is 2.26. The van der Waals surface area contributed by atoms with E-state index in [1.165, 1.54) is 0 Å². The Morgan fingerprint density at radius 2 is 1.80 bits per heavy atom. The fourth-order valence-corrected chi connectivity index (χ4v) is 2.26. The molecule has 84 valence electrons. The van der Waals surface area contributed by atoms with Gasteiger partial charge in [-0.05, 0) is 45.4 Å². The summed E-state index contributed by atoms with van der Waals surface area (Å²) < 4.78 is 5.18. The van der Waals surface area contributed by atoms with Crippen molar-refractivity contribution in [2.45, 2.75) is 45.6 Å². The van der Waals surface area contributed by atoms with Crippen LogP contribution in [0.5, 0.6) is 0 Å². The molecule has 4 nitrogen and oxygen atoms in total. The number of ether oxygens (including phenoxy) is 1. The van der Waals surface area contributed by atoms with Crippen LogP contribution >= 0.6 is 0 Å². The molecule has 0 aromatic carbocycles. The molecule has 2 saturated carbocycles. The Morgan fingerprint density at radius 1 is 1.27 bits per heavy atom. The molecular formula is C11H16O4. The summed E-state index contributed by atoms with van der Waals surface area (Å²) >= 11 is 0. The van der Waals surface area contributed by atoms with Crippen molar-refractivity contribution in [1.29, 1.82) is 0 Å². The van der Waals surface area contributed by atoms with Crippen LogP contribution in [0.25, 0.3) is 0 Å². The molecule has 0 aliphatic heterocycles. The van der Waals surface area contributed by atoms with Gasteiger partial charge < -0.3 is 9.84 Å². The summed E-state index contributed by atoms with van der Waals surface area (Å²) in [5.41, 5.74) is -2.08. The standard InChI is InChI=1S/C11H16O4/c1-9(2,3)15-8(14)11(7(12)13)6-10(11)4-5-10/h4-6H2,1-3H3,(H,12,13)/t11-/m0/s1. The highest BCUT2D eigenvalue weighted by atomic mass is 16.6. The van der Waals surface area contributed by atoms with Crippen LogP contribution in [0.15, 0.2) is 0 Å². The van der Waals surface area contributed by atoms with Crippen molar-refractivity contribution in [2.24, 2.45) is 10.8 Å². The van der Waals surface area contributed by atoms with Gasteiger partial charge in [0, 0.05) is 0 Å². The molecule has 2 aliphatic rings. The Morgan fingerprint density at radius 3 is 2.07 bits per heavy atom. The maximum Gasteiger partial charge on any atom is 0.324 e. The summed E-state index contributed by atoms with van der Waals surface area (Å²) in [6.45, 7) is 5.26. The minimum atomic E-state index is -1.22. The normalized spacial score (nSPS) is 31.1. The van der Waals surface area contributed by atoms with Crippen LogP contribution in [0.3, 0.4) is 0 Å². The van der Waals surface area contributed by atoms with Gasteiger partial charge in [0.1, 0.15) is 5.60 Å². The van der Waals surface area contributed by atoms with Crippen molar-refractivity contribution in [3.63, 3.8) is 0 Å². The van der Waals surface area contributed by atoms with Crippen LogP contribution in [-0.2, 0) is 14.3 Å². The number of rotatable bonds is 2. The highest BCUT2D eigenvalue weighted by Gasteiger charge is 2.83. The number of carbonyl (C=O) groups excluding carboxylic acids is 1. The highest BCUT2D eigenvalue weighted by molar-refractivity contribution is 6.05. The summed E-state index contributed by atoms with van der Waals surface area (Å²) in [4.78, 5) is 23.0. The highest BCUT2D eigenvalue weighted by Crippen LogP contribution is 2.79. The maximum absolute atomic E-state index is 11.8. The molecule has 0 radical (unpaired) electrons. The van der Waals surface area contributed by atoms with Gasteiger partial charge in [-0.3, -0.25) is 9.59 Å². The molecular weight excluding hydrogens is 196 g/mol. The van der Waals surface area contributed by atoms with Crippen LogP contribution in [0.2, 0.25) is 0 Å². The van der Waals surface area contributed by atoms with E-state index in [0.29, 0.717) is 6.42 Å². The van der Waals surface area contributed by atoms with Gasteiger partial charge in [0.25, 0.3) is 0 Å². The molecule has 4 heteroatoms. The zero-order valence-electron chi connectivity index (χ0n) is 9.29. The summed E-state index contributed by atoms with van der Waals surface area (Å²) in [6, 6.07) is 0. The Bertz CT molecular complexity index is 335. The SMILES string of the molecule is CC(C)(C)OC(=O)[C@@]1(C(=O)O)CC12CC2. The molecule has 2 aliphatic carbocycles. The van der Waals surface area contributed by atoms with E-state index in [1.54, 1.807) is 20.8 Å². The molecule has 15 heavy (non-hydrogen) atoms. The zero-order valence-corrected chi connectivity index (χ0v) is 9.29. The molecule has 0 saturated heterocycles. The first-order valence-electron chi connectivity index (χ1n) is 5.20. The summed E-state index contributed by atoms with van der Waals surface area (Å²) in [5.74, 6) is -1.57. The number of carboxylic acid groups (broad SMARTS) is 1. The van der Waals surface area contributed by atoms with Crippen molar-refractivity contribution in [1.82, 2.24) is 0 Å². The van der Waals surface area contributed by atoms with Crippen molar-refractivity contribution < 1.29 is 19.4 Å². The van der Waals surface area contributed by atoms with Gasteiger partial charge in [0.15, 0.2) is 5.41 Å². The lowest BCUT2D eigenvalue weighted by molar-refractivity contribution is -0.170. The van der Waals surface area contributed by atoms with Gasteiger partial charge in [0.05, 0.1) is 0 Å². The van der Waals surface area contributed by atoms with Gasteiger partial charge in [-0.1, -0.05) is 0 Å². The van der Waals surface area contributed by atoms with E-state index in [4.69, 9.17) is 9.84 Å². The molecule has 1 atom stereocenters. The molecule has 0 unspecified atom stereocenters. The molecule has 1 spiro atoms. The first kappa shape index (κ1) is 10.5. The average Bonchev–Trinajstić information content (AvgIpc) is 2.88. The third-order valence-electron chi connectivity index (χ3n) is 3.35. The number of hydrogen-bond acceptors (Lipinski definition) is 3. The van der Waals surface area contributed by atoms with Crippen molar-refractivity contribution in [2.75, 3.05) is 0 Å². The molecule has 0 aromatic rings. The largest absolute Gasteiger partial charge is 0.480 e. The number of hydrogen-bond donors (Lipinski definition) is 1. The molecule has 2 fully saturated rings. The first-order valence-corrected chi connectivity index (χ1v) is 5.20. The van der Waals surface area contributed by atoms with E-state index in [1.807, 2.05) is 0 Å². The summed E-state index contributed by atoms with van der Waals surface area (Å²) in [5, 5.41) is 9.15. The van der Waals surface area contributed by atoms with Gasteiger partial charge in [-0.15, -0.1) is 0 Å². The van der Waals surface area contributed by atoms with Gasteiger partial charge in [-0.25, -0.2) is 0 Å². The average molecular weight is 212 g/mol. The Balaban J connectivity index is 2.15. The lowest BCUT2D eigenvalue weighted by Crippen LogP contribution is -2.35. The second kappa shape index (κ2) is 2.54. The Labute approximate surface area is 88.6 Å². The van der Waals surface area contributed by atoms with E-state index in [9.17, 15) is 9.59 Å². The second-order valence-electron chi connectivity index (χ2n) is 5.67. The smallest absolute Gasteiger partial charge is 0.324 e. The molecule has 0 aromatic heterocycles. The molecule has 0 amide bonds. The third kappa shape index (κ3) is 1.34. The minimum absolute atomic E-state index is 0.249. The third-order valence-corrected chi connectivity index (χ3v) is 3.35. The van der Waals surface area contributed by atoms with Crippen molar-refractivity contribution >= 4 is 11.9 Å². The molecule has 0 bridgehead atoms. The fraction of sp³-hybridized carbons (Fsp3) is 0.818. The van der Waals surface area contributed by atoms with Gasteiger partial charge >= 0.3 is 11.9 Å². The van der Waals surface area contributed by atoms with Crippen molar-refractivity contribution in [3.8, 4) is 0 Å². The maximum atomic E-state index is 11.8. The van der Waals surface area contributed by atoms with E-state index in [2.05, 4.69) is 0 Å². The summed E-state index contributed by atoms with van der Waals surface area (Å²) in [7, 11) is 0. The number of carbonyl (C=O) groups is 2. The van der Waals surface area contributed by atoms with Crippen LogP contribution in [0.4, 0.5) is 0 Å². The van der Waals surface area contributed by atoms with E-state index < -0.39 is 23.0 Å². The van der Waals surface area contributed by atoms with Gasteiger partial charge in [0.2, 0.25) is 0 Å². The van der Waals surface area contributed by atoms with Gasteiger partial charge in [-0.2, -0.15) is 0 Å². The van der Waals surface area contributed by atoms with E-state index >= 15 is 0 Å². The Hall–Kier alpha value is -1.06. The lowest BCUT2D eigenvalue weighted by Gasteiger charge is -2.22.